The van der Waals surface area contributed by atoms with Crippen LogP contribution in [0.1, 0.15) is 47.2 Å². The van der Waals surface area contributed by atoms with E-state index in [2.05, 4.69) is 5.32 Å². The van der Waals surface area contributed by atoms with Crippen LogP contribution < -0.4 is 5.32 Å². The lowest BCUT2D eigenvalue weighted by Crippen LogP contribution is -2.28. The van der Waals surface area contributed by atoms with Crippen molar-refractivity contribution in [3.8, 4) is 11.5 Å². The van der Waals surface area contributed by atoms with Crippen molar-refractivity contribution in [1.82, 2.24) is 5.32 Å². The molecule has 0 radical (unpaired) electrons. The molecular weight excluding hydrogens is 445 g/mol. The molecule has 0 aromatic heterocycles. The van der Waals surface area contributed by atoms with Crippen LogP contribution in [-0.2, 0) is 17.4 Å². The molecule has 0 aliphatic heterocycles. The predicted molar refractivity (Wildman–Crippen MR) is 110 cm³/mol. The van der Waals surface area contributed by atoms with Gasteiger partial charge in [0.1, 0.15) is 5.56 Å². The fourth-order valence-electron chi connectivity index (χ4n) is 3.56. The van der Waals surface area contributed by atoms with E-state index in [1.165, 1.54) is 0 Å². The van der Waals surface area contributed by atoms with Gasteiger partial charge in [-0.2, -0.15) is 13.2 Å². The number of nitrogens with one attached hydrogen (secondary N) is 1. The maximum Gasteiger partial charge on any atom is 0.417 e. The average Bonchev–Trinajstić information content (AvgIpc) is 3.55. The molecule has 176 valence electrons. The van der Waals surface area contributed by atoms with Crippen LogP contribution in [0.2, 0.25) is 0 Å². The van der Waals surface area contributed by atoms with E-state index in [1.54, 1.807) is 30.3 Å². The average molecular weight is 466 g/mol. The summed E-state index contributed by atoms with van der Waals surface area (Å²) in [6.45, 7) is 0. The highest BCUT2D eigenvalue weighted by atomic mass is 19.4. The molecule has 8 nitrogen and oxygen atoms in total. The number of nitrogens with zero attached hydrogens (tertiary/aromatic N) is 1. The van der Waals surface area contributed by atoms with Crippen LogP contribution in [0.3, 0.4) is 0 Å². The summed E-state index contributed by atoms with van der Waals surface area (Å²) >= 11 is 0. The highest BCUT2D eigenvalue weighted by molar-refractivity contribution is 6.04. The van der Waals surface area contributed by atoms with Crippen LogP contribution >= 0.6 is 0 Å². The third-order valence-corrected chi connectivity index (χ3v) is 5.35. The minimum Gasteiger partial charge on any atom is -0.504 e. The van der Waals surface area contributed by atoms with Crippen molar-refractivity contribution in [3.05, 3.63) is 63.2 Å². The summed E-state index contributed by atoms with van der Waals surface area (Å²) in [4.78, 5) is 35.6. The van der Waals surface area contributed by atoms with Crippen molar-refractivity contribution in [2.75, 3.05) is 0 Å². The van der Waals surface area contributed by atoms with Crippen LogP contribution in [0, 0.1) is 16.0 Å². The molecule has 0 bridgehead atoms. The Balaban J connectivity index is 2.04. The van der Waals surface area contributed by atoms with Crippen molar-refractivity contribution in [3.63, 3.8) is 0 Å². The van der Waals surface area contributed by atoms with Gasteiger partial charge in [-0.25, -0.2) is 0 Å². The number of halogens is 3. The molecule has 2 aromatic carbocycles. The van der Waals surface area contributed by atoms with E-state index in [-0.39, 0.29) is 37.3 Å². The van der Waals surface area contributed by atoms with Crippen molar-refractivity contribution in [2.45, 2.75) is 44.3 Å². The Bertz CT molecular complexity index is 1070. The van der Waals surface area contributed by atoms with Crippen molar-refractivity contribution in [1.29, 1.82) is 0 Å². The van der Waals surface area contributed by atoms with Gasteiger partial charge < -0.3 is 15.5 Å². The summed E-state index contributed by atoms with van der Waals surface area (Å²) in [7, 11) is 0. The number of alkyl halides is 3. The first kappa shape index (κ1) is 24.0. The van der Waals surface area contributed by atoms with E-state index in [4.69, 9.17) is 0 Å². The van der Waals surface area contributed by atoms with Gasteiger partial charge in [0.25, 0.3) is 0 Å². The number of nitro groups is 1. The van der Waals surface area contributed by atoms with Gasteiger partial charge in [-0.3, -0.25) is 19.7 Å². The zero-order valence-electron chi connectivity index (χ0n) is 17.3. The van der Waals surface area contributed by atoms with E-state index < -0.39 is 51.1 Å². The fourth-order valence-corrected chi connectivity index (χ4v) is 3.56. The van der Waals surface area contributed by atoms with Crippen LogP contribution in [0.4, 0.5) is 18.9 Å². The van der Waals surface area contributed by atoms with E-state index in [9.17, 15) is 43.1 Å². The fraction of sp³-hybridized carbons (Fsp3) is 0.364. The maximum absolute atomic E-state index is 13.7. The number of hydrogen-bond acceptors (Lipinski definition) is 6. The van der Waals surface area contributed by atoms with E-state index >= 15 is 0 Å². The molecule has 1 unspecified atom stereocenters. The monoisotopic (exact) mass is 466 g/mol. The number of phenolic OH excluding ortho intramolecular Hbond substituents is 2. The summed E-state index contributed by atoms with van der Waals surface area (Å²) in [5, 5.41) is 33.8. The van der Waals surface area contributed by atoms with Crippen LogP contribution in [-0.4, -0.2) is 32.9 Å². The molecule has 11 heteroatoms. The Hall–Kier alpha value is -3.63. The second-order valence-corrected chi connectivity index (χ2v) is 7.90. The third-order valence-electron chi connectivity index (χ3n) is 5.35. The quantitative estimate of drug-likeness (QED) is 0.221. The number of nitro benzene ring substituents is 1. The van der Waals surface area contributed by atoms with Gasteiger partial charge in [0.2, 0.25) is 11.7 Å². The number of hydrogen-bond donors (Lipinski definition) is 3. The first-order valence-corrected chi connectivity index (χ1v) is 10.2. The van der Waals surface area contributed by atoms with Gasteiger partial charge in [-0.05, 0) is 37.3 Å². The molecule has 3 N–H and O–H groups in total. The SMILES string of the molecule is O=C(CCC(Cc1ccccc1)C(=O)c1c(C(F)(F)F)cc(O)c(O)c1[N+](=O)[O-])NC1CC1. The summed E-state index contributed by atoms with van der Waals surface area (Å²) in [5.74, 6) is -5.63. The predicted octanol–water partition coefficient (Wildman–Crippen LogP) is 4.13. The van der Waals surface area contributed by atoms with E-state index in [0.717, 1.165) is 12.8 Å². The number of ketones is 1. The summed E-state index contributed by atoms with van der Waals surface area (Å²) in [5.41, 5.74) is -4.01. The first-order valence-electron chi connectivity index (χ1n) is 10.2. The number of benzene rings is 2. The summed E-state index contributed by atoms with van der Waals surface area (Å²) in [6, 6.07) is 8.44. The molecule has 1 aliphatic carbocycles. The van der Waals surface area contributed by atoms with E-state index in [1.807, 2.05) is 0 Å². The lowest BCUT2D eigenvalue weighted by molar-refractivity contribution is -0.386. The number of aromatic hydroxyl groups is 2. The molecule has 1 amide bonds. The molecule has 0 spiro atoms. The first-order chi connectivity index (χ1) is 15.5. The largest absolute Gasteiger partial charge is 0.504 e. The second-order valence-electron chi connectivity index (χ2n) is 7.90. The summed E-state index contributed by atoms with van der Waals surface area (Å²) < 4.78 is 41.1. The van der Waals surface area contributed by atoms with Gasteiger partial charge in [-0.1, -0.05) is 30.3 Å². The second kappa shape index (κ2) is 9.47. The molecule has 0 heterocycles. The lowest BCUT2D eigenvalue weighted by Gasteiger charge is -2.20. The molecular formula is C22H21F3N2O6. The van der Waals surface area contributed by atoms with Crippen LogP contribution in [0.25, 0.3) is 0 Å². The molecule has 0 saturated heterocycles. The smallest absolute Gasteiger partial charge is 0.417 e. The van der Waals surface area contributed by atoms with Gasteiger partial charge >= 0.3 is 11.9 Å². The standard InChI is InChI=1S/C22H21F3N2O6/c23-22(24,25)15-11-16(28)21(31)19(27(32)33)18(15)20(30)13(10-12-4-2-1-3-5-12)6-9-17(29)26-14-7-8-14/h1-5,11,13-14,28,31H,6-10H2,(H,26,29). The van der Waals surface area contributed by atoms with Crippen molar-refractivity contribution < 1.29 is 37.9 Å². The van der Waals surface area contributed by atoms with Gasteiger partial charge in [0.05, 0.1) is 10.5 Å². The highest BCUT2D eigenvalue weighted by Gasteiger charge is 2.44. The Morgan fingerprint density at radius 2 is 1.82 bits per heavy atom. The molecule has 1 fully saturated rings. The molecule has 2 aromatic rings. The van der Waals surface area contributed by atoms with Crippen LogP contribution in [0.5, 0.6) is 11.5 Å². The number of amides is 1. The topological polar surface area (TPSA) is 130 Å². The Morgan fingerprint density at radius 3 is 2.36 bits per heavy atom. The number of carbonyl (C=O) groups excluding carboxylic acids is 2. The molecule has 33 heavy (non-hydrogen) atoms. The van der Waals surface area contributed by atoms with Gasteiger partial charge in [0.15, 0.2) is 11.5 Å². The number of phenols is 2. The number of carbonyl (C=O) groups is 2. The zero-order chi connectivity index (χ0) is 24.3. The van der Waals surface area contributed by atoms with Crippen molar-refractivity contribution in [2.24, 2.45) is 5.92 Å². The third kappa shape index (κ3) is 5.79. The Morgan fingerprint density at radius 1 is 1.18 bits per heavy atom. The normalized spacial score (nSPS) is 14.5. The highest BCUT2D eigenvalue weighted by Crippen LogP contribution is 2.46. The molecule has 1 aliphatic rings. The summed E-state index contributed by atoms with van der Waals surface area (Å²) in [6.07, 6.45) is -3.98. The maximum atomic E-state index is 13.7. The minimum absolute atomic E-state index is 0.0488. The van der Waals surface area contributed by atoms with Gasteiger partial charge in [0, 0.05) is 18.4 Å². The van der Waals surface area contributed by atoms with Crippen molar-refractivity contribution >= 4 is 17.4 Å². The zero-order valence-corrected chi connectivity index (χ0v) is 17.3. The molecule has 1 atom stereocenters. The lowest BCUT2D eigenvalue weighted by atomic mass is 9.85. The minimum atomic E-state index is -5.22. The van der Waals surface area contributed by atoms with Crippen LogP contribution in [0.15, 0.2) is 36.4 Å². The number of rotatable bonds is 9. The van der Waals surface area contributed by atoms with Gasteiger partial charge in [-0.15, -0.1) is 0 Å². The van der Waals surface area contributed by atoms with E-state index in [0.29, 0.717) is 5.56 Å². The Labute approximate surface area is 186 Å². The Kier molecular flexibility index (Phi) is 6.89. The molecule has 1 saturated carbocycles. The number of Topliss-reactive ketones (excluding diaryl/α,β-unsaturated/α-hetero) is 1. The molecule has 3 rings (SSSR count).